The van der Waals surface area contributed by atoms with E-state index in [2.05, 4.69) is 31.0 Å². The van der Waals surface area contributed by atoms with Gasteiger partial charge in [0.15, 0.2) is 0 Å². The lowest BCUT2D eigenvalue weighted by molar-refractivity contribution is 0.410. The number of hydrogen-bond donors (Lipinski definition) is 1. The molecule has 0 spiro atoms. The summed E-state index contributed by atoms with van der Waals surface area (Å²) in [5.74, 6) is 1.43. The number of nitrogens with zero attached hydrogens (tertiary/aromatic N) is 1. The van der Waals surface area contributed by atoms with Gasteiger partial charge in [-0.15, -0.1) is 11.3 Å². The number of aromatic nitrogens is 1. The second kappa shape index (κ2) is 6.37. The molecule has 2 N–H and O–H groups in total. The van der Waals surface area contributed by atoms with Crippen LogP contribution in [0, 0.1) is 0 Å². The van der Waals surface area contributed by atoms with Crippen LogP contribution in [0.5, 0.6) is 5.75 Å². The van der Waals surface area contributed by atoms with Crippen molar-refractivity contribution in [2.24, 2.45) is 5.73 Å². The van der Waals surface area contributed by atoms with Crippen LogP contribution in [-0.4, -0.2) is 12.1 Å². The van der Waals surface area contributed by atoms with Crippen LogP contribution in [0.15, 0.2) is 23.6 Å². The van der Waals surface area contributed by atoms with Crippen LogP contribution in [0.4, 0.5) is 0 Å². The van der Waals surface area contributed by atoms with Gasteiger partial charge in [-0.25, -0.2) is 4.98 Å². The van der Waals surface area contributed by atoms with Gasteiger partial charge in [-0.2, -0.15) is 0 Å². The molecule has 0 bridgehead atoms. The predicted molar refractivity (Wildman–Crippen MR) is 84.6 cm³/mol. The van der Waals surface area contributed by atoms with E-state index in [4.69, 9.17) is 10.5 Å². The Hall–Kier alpha value is -1.39. The smallest absolute Gasteiger partial charge is 0.122 e. The molecule has 1 atom stereocenters. The molecule has 1 aromatic heterocycles. The number of nitrogens with two attached hydrogens (primary N) is 1. The maximum atomic E-state index is 5.86. The maximum Gasteiger partial charge on any atom is 0.122 e. The number of rotatable bonds is 5. The molecule has 1 aromatic carbocycles. The van der Waals surface area contributed by atoms with Gasteiger partial charge in [0.2, 0.25) is 0 Å². The lowest BCUT2D eigenvalue weighted by atomic mass is 9.99. The predicted octanol–water partition coefficient (Wildman–Crippen LogP) is 3.89. The molecular weight excluding hydrogens is 268 g/mol. The Kier molecular flexibility index (Phi) is 4.78. The quantitative estimate of drug-likeness (QED) is 0.909. The Morgan fingerprint density at radius 3 is 2.60 bits per heavy atom. The van der Waals surface area contributed by atoms with Crippen LogP contribution >= 0.6 is 11.3 Å². The lowest BCUT2D eigenvalue weighted by Crippen LogP contribution is -2.05. The Balaban J connectivity index is 2.28. The molecular formula is C16H22N2OS. The molecule has 20 heavy (non-hydrogen) atoms. The zero-order chi connectivity index (χ0) is 14.7. The van der Waals surface area contributed by atoms with E-state index in [9.17, 15) is 0 Å². The van der Waals surface area contributed by atoms with E-state index in [1.54, 1.807) is 18.4 Å². The number of ether oxygens (including phenoxy) is 1. The fraction of sp³-hybridized carbons (Fsp3) is 0.438. The first kappa shape index (κ1) is 15.0. The molecule has 0 aliphatic heterocycles. The minimum absolute atomic E-state index is 0.0103. The molecule has 0 fully saturated rings. The Bertz CT molecular complexity index is 576. The highest BCUT2D eigenvalue weighted by Gasteiger charge is 2.11. The van der Waals surface area contributed by atoms with Crippen LogP contribution in [-0.2, 0) is 6.42 Å². The molecule has 4 heteroatoms. The number of hydrogen-bond acceptors (Lipinski definition) is 4. The van der Waals surface area contributed by atoms with E-state index >= 15 is 0 Å². The third-order valence-corrected chi connectivity index (χ3v) is 4.22. The van der Waals surface area contributed by atoms with Crippen molar-refractivity contribution >= 4 is 11.3 Å². The molecule has 0 aliphatic carbocycles. The molecule has 0 saturated heterocycles. The molecule has 0 aliphatic rings. The van der Waals surface area contributed by atoms with Crippen molar-refractivity contribution in [2.75, 3.05) is 7.11 Å². The average molecular weight is 290 g/mol. The molecule has 108 valence electrons. The summed E-state index contributed by atoms with van der Waals surface area (Å²) in [5.41, 5.74) is 9.33. The van der Waals surface area contributed by atoms with Gasteiger partial charge >= 0.3 is 0 Å². The zero-order valence-corrected chi connectivity index (χ0v) is 13.3. The summed E-state index contributed by atoms with van der Waals surface area (Å²) in [6, 6.07) is 6.38. The standard InChI is InChI=1S/C16H22N2OS/c1-10(2)12-5-6-15(19-4)13(7-12)8-16-18-14(9-20-16)11(3)17/h5-7,9-11H,8,17H2,1-4H3. The largest absolute Gasteiger partial charge is 0.496 e. The van der Waals surface area contributed by atoms with Gasteiger partial charge in [-0.1, -0.05) is 26.0 Å². The summed E-state index contributed by atoms with van der Waals surface area (Å²) in [4.78, 5) is 4.59. The van der Waals surface area contributed by atoms with Crippen LogP contribution in [0.3, 0.4) is 0 Å². The fourth-order valence-corrected chi connectivity index (χ4v) is 3.00. The fourth-order valence-electron chi connectivity index (χ4n) is 2.07. The van der Waals surface area contributed by atoms with Gasteiger partial charge in [0, 0.05) is 23.4 Å². The van der Waals surface area contributed by atoms with Crippen molar-refractivity contribution in [3.63, 3.8) is 0 Å². The summed E-state index contributed by atoms with van der Waals surface area (Å²) in [6.45, 7) is 6.35. The third kappa shape index (κ3) is 3.38. The summed E-state index contributed by atoms with van der Waals surface area (Å²) in [5, 5.41) is 3.12. The minimum Gasteiger partial charge on any atom is -0.496 e. The molecule has 0 saturated carbocycles. The van der Waals surface area contributed by atoms with E-state index < -0.39 is 0 Å². The first-order valence-electron chi connectivity index (χ1n) is 6.88. The first-order chi connectivity index (χ1) is 9.51. The van der Waals surface area contributed by atoms with Crippen molar-refractivity contribution in [3.05, 3.63) is 45.4 Å². The van der Waals surface area contributed by atoms with Gasteiger partial charge in [0.1, 0.15) is 5.75 Å². The first-order valence-corrected chi connectivity index (χ1v) is 7.76. The van der Waals surface area contributed by atoms with Gasteiger partial charge in [-0.3, -0.25) is 0 Å². The molecule has 2 aromatic rings. The second-order valence-electron chi connectivity index (χ2n) is 5.36. The van der Waals surface area contributed by atoms with Gasteiger partial charge in [-0.05, 0) is 24.5 Å². The van der Waals surface area contributed by atoms with E-state index in [0.29, 0.717) is 5.92 Å². The summed E-state index contributed by atoms with van der Waals surface area (Å²) >= 11 is 1.66. The average Bonchev–Trinajstić information content (AvgIpc) is 2.87. The van der Waals surface area contributed by atoms with E-state index in [1.165, 1.54) is 11.1 Å². The van der Waals surface area contributed by atoms with Crippen LogP contribution in [0.25, 0.3) is 0 Å². The molecule has 0 radical (unpaired) electrons. The third-order valence-electron chi connectivity index (χ3n) is 3.35. The Morgan fingerprint density at radius 2 is 2.05 bits per heavy atom. The van der Waals surface area contributed by atoms with Gasteiger partial charge in [0.25, 0.3) is 0 Å². The Morgan fingerprint density at radius 1 is 1.30 bits per heavy atom. The van der Waals surface area contributed by atoms with Crippen LogP contribution < -0.4 is 10.5 Å². The zero-order valence-electron chi connectivity index (χ0n) is 12.5. The highest BCUT2D eigenvalue weighted by Crippen LogP contribution is 2.27. The summed E-state index contributed by atoms with van der Waals surface area (Å²) in [6.07, 6.45) is 0.793. The number of benzene rings is 1. The van der Waals surface area contributed by atoms with Crippen molar-refractivity contribution in [2.45, 2.75) is 39.2 Å². The van der Waals surface area contributed by atoms with E-state index in [-0.39, 0.29) is 6.04 Å². The summed E-state index contributed by atoms with van der Waals surface area (Å²) < 4.78 is 5.46. The van der Waals surface area contributed by atoms with Crippen molar-refractivity contribution in [3.8, 4) is 5.75 Å². The van der Waals surface area contributed by atoms with Crippen molar-refractivity contribution < 1.29 is 4.74 Å². The monoisotopic (exact) mass is 290 g/mol. The number of thiazole rings is 1. The van der Waals surface area contributed by atoms with Gasteiger partial charge < -0.3 is 10.5 Å². The van der Waals surface area contributed by atoms with Crippen LogP contribution in [0.2, 0.25) is 0 Å². The highest BCUT2D eigenvalue weighted by molar-refractivity contribution is 7.09. The molecule has 1 heterocycles. The lowest BCUT2D eigenvalue weighted by Gasteiger charge is -2.12. The second-order valence-corrected chi connectivity index (χ2v) is 6.30. The molecule has 3 nitrogen and oxygen atoms in total. The molecule has 1 unspecified atom stereocenters. The maximum absolute atomic E-state index is 5.86. The Labute approximate surface area is 124 Å². The topological polar surface area (TPSA) is 48.1 Å². The summed E-state index contributed by atoms with van der Waals surface area (Å²) in [7, 11) is 1.71. The van der Waals surface area contributed by atoms with E-state index in [1.807, 2.05) is 18.4 Å². The SMILES string of the molecule is COc1ccc(C(C)C)cc1Cc1nc(C(C)N)cs1. The number of methoxy groups -OCH3 is 1. The minimum atomic E-state index is -0.0103. The highest BCUT2D eigenvalue weighted by atomic mass is 32.1. The molecule has 2 rings (SSSR count). The normalized spacial score (nSPS) is 12.7. The van der Waals surface area contributed by atoms with Crippen molar-refractivity contribution in [1.82, 2.24) is 4.98 Å². The van der Waals surface area contributed by atoms with Crippen LogP contribution in [0.1, 0.15) is 54.6 Å². The van der Waals surface area contributed by atoms with Gasteiger partial charge in [0.05, 0.1) is 17.8 Å². The molecule has 0 amide bonds. The van der Waals surface area contributed by atoms with E-state index in [0.717, 1.165) is 22.9 Å². The van der Waals surface area contributed by atoms with Crippen molar-refractivity contribution in [1.29, 1.82) is 0 Å².